The zero-order valence-electron chi connectivity index (χ0n) is 15.6. The molecule has 1 saturated carbocycles. The number of aryl methyl sites for hydroxylation is 1. The summed E-state index contributed by atoms with van der Waals surface area (Å²) in [6, 6.07) is 5.58. The molecule has 2 aromatic rings. The van der Waals surface area contributed by atoms with Crippen LogP contribution in [0.4, 0.5) is 13.2 Å². The molecule has 2 atom stereocenters. The van der Waals surface area contributed by atoms with Crippen LogP contribution in [0.1, 0.15) is 47.7 Å². The number of rotatable bonds is 5. The maximum absolute atomic E-state index is 12.8. The van der Waals surface area contributed by atoms with Crippen molar-refractivity contribution < 1.29 is 13.2 Å². The van der Waals surface area contributed by atoms with E-state index in [4.69, 9.17) is 0 Å². The van der Waals surface area contributed by atoms with E-state index < -0.39 is 11.7 Å². The molecule has 0 spiro atoms. The predicted octanol–water partition coefficient (Wildman–Crippen LogP) is 4.92. The highest BCUT2D eigenvalue weighted by Crippen LogP contribution is 2.35. The van der Waals surface area contributed by atoms with Crippen molar-refractivity contribution in [3.63, 3.8) is 0 Å². The van der Waals surface area contributed by atoms with Crippen molar-refractivity contribution in [2.45, 2.75) is 51.2 Å². The van der Waals surface area contributed by atoms with Crippen LogP contribution in [-0.4, -0.2) is 22.4 Å². The molecule has 1 heterocycles. The van der Waals surface area contributed by atoms with Gasteiger partial charge in [0.1, 0.15) is 0 Å². The first-order valence-corrected chi connectivity index (χ1v) is 9.48. The van der Waals surface area contributed by atoms with E-state index >= 15 is 0 Å². The molecule has 1 aromatic heterocycles. The fourth-order valence-electron chi connectivity index (χ4n) is 3.94. The lowest BCUT2D eigenvalue weighted by Crippen LogP contribution is -2.28. The molecule has 1 aromatic carbocycles. The standard InChI is InChI=1S/C21H24F3N3/c1-13-20(16-5-8-18(11-16)25-12-15-3-4-15)14(2)27(26-13)19-9-6-17(7-10-19)21(22,23)24/h5-10,15-16,18,25H,3-4,11-12H2,1-2H3/t16-,18-/m1/s1. The normalized spacial score (nSPS) is 22.6. The van der Waals surface area contributed by atoms with Gasteiger partial charge in [-0.1, -0.05) is 12.2 Å². The van der Waals surface area contributed by atoms with E-state index in [9.17, 15) is 13.2 Å². The summed E-state index contributed by atoms with van der Waals surface area (Å²) in [6.07, 6.45) is 3.83. The van der Waals surface area contributed by atoms with Gasteiger partial charge in [0.25, 0.3) is 0 Å². The van der Waals surface area contributed by atoms with Crippen molar-refractivity contribution in [3.8, 4) is 5.69 Å². The minimum absolute atomic E-state index is 0.296. The second-order valence-electron chi connectivity index (χ2n) is 7.73. The Kier molecular flexibility index (Phi) is 4.62. The Morgan fingerprint density at radius 2 is 1.81 bits per heavy atom. The van der Waals surface area contributed by atoms with Gasteiger partial charge in [-0.2, -0.15) is 18.3 Å². The van der Waals surface area contributed by atoms with Crippen LogP contribution >= 0.6 is 0 Å². The summed E-state index contributed by atoms with van der Waals surface area (Å²) in [7, 11) is 0. The molecule has 0 unspecified atom stereocenters. The first kappa shape index (κ1) is 18.3. The van der Waals surface area contributed by atoms with Crippen LogP contribution in [0.2, 0.25) is 0 Å². The Bertz CT molecular complexity index is 845. The predicted molar refractivity (Wildman–Crippen MR) is 99.1 cm³/mol. The van der Waals surface area contributed by atoms with Gasteiger partial charge in [-0.25, -0.2) is 4.68 Å². The first-order chi connectivity index (χ1) is 12.8. The highest BCUT2D eigenvalue weighted by molar-refractivity contribution is 5.42. The van der Waals surface area contributed by atoms with Gasteiger partial charge in [-0.15, -0.1) is 0 Å². The van der Waals surface area contributed by atoms with E-state index in [0.29, 0.717) is 17.6 Å². The molecule has 2 aliphatic rings. The van der Waals surface area contributed by atoms with Gasteiger partial charge in [-0.3, -0.25) is 0 Å². The molecular weight excluding hydrogens is 351 g/mol. The van der Waals surface area contributed by atoms with Crippen LogP contribution < -0.4 is 5.32 Å². The van der Waals surface area contributed by atoms with E-state index in [0.717, 1.165) is 42.4 Å². The molecule has 0 bridgehead atoms. The Labute approximate surface area is 157 Å². The first-order valence-electron chi connectivity index (χ1n) is 9.48. The Hall–Kier alpha value is -2.08. The van der Waals surface area contributed by atoms with Gasteiger partial charge in [0.2, 0.25) is 0 Å². The molecule has 2 aliphatic carbocycles. The van der Waals surface area contributed by atoms with Crippen molar-refractivity contribution in [1.82, 2.24) is 15.1 Å². The number of nitrogens with one attached hydrogen (secondary N) is 1. The number of hydrogen-bond acceptors (Lipinski definition) is 2. The summed E-state index contributed by atoms with van der Waals surface area (Å²) in [6.45, 7) is 5.05. The third-order valence-corrected chi connectivity index (χ3v) is 5.61. The maximum atomic E-state index is 12.8. The molecular formula is C21H24F3N3. The van der Waals surface area contributed by atoms with E-state index in [2.05, 4.69) is 22.6 Å². The molecule has 3 nitrogen and oxygen atoms in total. The molecule has 6 heteroatoms. The lowest BCUT2D eigenvalue weighted by molar-refractivity contribution is -0.137. The van der Waals surface area contributed by atoms with Crippen LogP contribution in [0.5, 0.6) is 0 Å². The van der Waals surface area contributed by atoms with Crippen LogP contribution in [0.25, 0.3) is 5.69 Å². The number of benzene rings is 1. The van der Waals surface area contributed by atoms with Gasteiger partial charge in [0.05, 0.1) is 16.9 Å². The summed E-state index contributed by atoms with van der Waals surface area (Å²) >= 11 is 0. The number of alkyl halides is 3. The van der Waals surface area contributed by atoms with Gasteiger partial charge in [-0.05, 0) is 69.8 Å². The van der Waals surface area contributed by atoms with E-state index in [1.165, 1.54) is 30.5 Å². The second kappa shape index (κ2) is 6.82. The quantitative estimate of drug-likeness (QED) is 0.752. The lowest BCUT2D eigenvalue weighted by atomic mass is 9.96. The van der Waals surface area contributed by atoms with Crippen molar-refractivity contribution in [1.29, 1.82) is 0 Å². The molecule has 1 N–H and O–H groups in total. The van der Waals surface area contributed by atoms with Crippen molar-refractivity contribution in [3.05, 3.63) is 58.9 Å². The average molecular weight is 375 g/mol. The maximum Gasteiger partial charge on any atom is 0.416 e. The molecule has 0 amide bonds. The van der Waals surface area contributed by atoms with Gasteiger partial charge < -0.3 is 5.32 Å². The molecule has 0 radical (unpaired) electrons. The summed E-state index contributed by atoms with van der Waals surface area (Å²) in [5.74, 6) is 1.15. The number of hydrogen-bond donors (Lipinski definition) is 1. The Balaban J connectivity index is 1.53. The molecule has 0 aliphatic heterocycles. The van der Waals surface area contributed by atoms with E-state index in [1.54, 1.807) is 4.68 Å². The topological polar surface area (TPSA) is 29.9 Å². The smallest absolute Gasteiger partial charge is 0.310 e. The summed E-state index contributed by atoms with van der Waals surface area (Å²) in [5, 5.41) is 8.23. The summed E-state index contributed by atoms with van der Waals surface area (Å²) in [4.78, 5) is 0. The van der Waals surface area contributed by atoms with Crippen molar-refractivity contribution >= 4 is 0 Å². The monoisotopic (exact) mass is 375 g/mol. The lowest BCUT2D eigenvalue weighted by Gasteiger charge is -2.14. The zero-order valence-corrected chi connectivity index (χ0v) is 15.6. The number of halogens is 3. The highest BCUT2D eigenvalue weighted by atomic mass is 19.4. The largest absolute Gasteiger partial charge is 0.416 e. The third-order valence-electron chi connectivity index (χ3n) is 5.61. The molecule has 0 saturated heterocycles. The number of aromatic nitrogens is 2. The summed E-state index contributed by atoms with van der Waals surface area (Å²) in [5.41, 5.74) is 3.12. The molecule has 4 rings (SSSR count). The van der Waals surface area contributed by atoms with E-state index in [1.807, 2.05) is 13.8 Å². The van der Waals surface area contributed by atoms with Crippen LogP contribution in [0.3, 0.4) is 0 Å². The van der Waals surface area contributed by atoms with Gasteiger partial charge >= 0.3 is 6.18 Å². The fraction of sp³-hybridized carbons (Fsp3) is 0.476. The zero-order chi connectivity index (χ0) is 19.2. The number of allylic oxidation sites excluding steroid dienone is 1. The van der Waals surface area contributed by atoms with Crippen molar-refractivity contribution in [2.24, 2.45) is 5.92 Å². The SMILES string of the molecule is Cc1nn(-c2ccc(C(F)(F)F)cc2)c(C)c1[C@@H]1C=C[C@@H](NCC2CC2)C1. The second-order valence-corrected chi connectivity index (χ2v) is 7.73. The Morgan fingerprint density at radius 3 is 2.44 bits per heavy atom. The molecule has 1 fully saturated rings. The average Bonchev–Trinajstić information content (AvgIpc) is 3.26. The van der Waals surface area contributed by atoms with Gasteiger partial charge in [0.15, 0.2) is 0 Å². The Morgan fingerprint density at radius 1 is 1.11 bits per heavy atom. The third kappa shape index (κ3) is 3.81. The van der Waals surface area contributed by atoms with Crippen molar-refractivity contribution in [2.75, 3.05) is 6.54 Å². The van der Waals surface area contributed by atoms with Crippen LogP contribution in [-0.2, 0) is 6.18 Å². The van der Waals surface area contributed by atoms with Gasteiger partial charge in [0, 0.05) is 23.2 Å². The van der Waals surface area contributed by atoms with E-state index in [-0.39, 0.29) is 0 Å². The fourth-order valence-corrected chi connectivity index (χ4v) is 3.94. The van der Waals surface area contributed by atoms with Crippen LogP contribution in [0, 0.1) is 19.8 Å². The molecule has 27 heavy (non-hydrogen) atoms. The summed E-state index contributed by atoms with van der Waals surface area (Å²) < 4.78 is 40.1. The highest BCUT2D eigenvalue weighted by Gasteiger charge is 2.31. The minimum atomic E-state index is -4.32. The van der Waals surface area contributed by atoms with Crippen LogP contribution in [0.15, 0.2) is 36.4 Å². The minimum Gasteiger partial charge on any atom is -0.310 e. The number of nitrogens with zero attached hydrogens (tertiary/aromatic N) is 2. The molecule has 144 valence electrons.